The van der Waals surface area contributed by atoms with Gasteiger partial charge in [-0.15, -0.1) is 0 Å². The molecule has 22 heavy (non-hydrogen) atoms. The summed E-state index contributed by atoms with van der Waals surface area (Å²) in [7, 11) is 0. The van der Waals surface area contributed by atoms with Crippen molar-refractivity contribution in [3.8, 4) is 0 Å². The van der Waals surface area contributed by atoms with Gasteiger partial charge in [0.05, 0.1) is 6.10 Å². The van der Waals surface area contributed by atoms with Gasteiger partial charge in [-0.05, 0) is 47.3 Å². The van der Waals surface area contributed by atoms with Crippen molar-refractivity contribution in [2.75, 3.05) is 6.61 Å². The van der Waals surface area contributed by atoms with Crippen LogP contribution in [0, 0.1) is 28.1 Å². The maximum absolute atomic E-state index is 12.1. The molecule has 3 rings (SSSR count). The Morgan fingerprint density at radius 2 is 2.00 bits per heavy atom. The molecule has 5 atom stereocenters. The first kappa shape index (κ1) is 16.3. The maximum atomic E-state index is 12.1. The average molecular weight is 307 g/mol. The zero-order chi connectivity index (χ0) is 16.3. The number of hydrogen-bond donors (Lipinski definition) is 1. The van der Waals surface area contributed by atoms with Crippen LogP contribution < -0.4 is 5.32 Å². The van der Waals surface area contributed by atoms with Crippen LogP contribution >= 0.6 is 0 Å². The number of carbonyl (C=O) groups is 1. The van der Waals surface area contributed by atoms with E-state index in [-0.39, 0.29) is 22.2 Å². The van der Waals surface area contributed by atoms with Crippen molar-refractivity contribution in [2.24, 2.45) is 28.1 Å². The molecule has 1 amide bonds. The second-order valence-corrected chi connectivity index (χ2v) is 9.56. The van der Waals surface area contributed by atoms with Crippen molar-refractivity contribution in [3.05, 3.63) is 0 Å². The zero-order valence-electron chi connectivity index (χ0n) is 15.2. The first-order chi connectivity index (χ1) is 10.1. The predicted molar refractivity (Wildman–Crippen MR) is 88.5 cm³/mol. The third kappa shape index (κ3) is 2.15. The van der Waals surface area contributed by atoms with Gasteiger partial charge < -0.3 is 10.1 Å². The van der Waals surface area contributed by atoms with Crippen LogP contribution in [0.15, 0.2) is 0 Å². The van der Waals surface area contributed by atoms with Gasteiger partial charge in [-0.1, -0.05) is 41.5 Å². The molecular formula is C19H33NO2. The van der Waals surface area contributed by atoms with E-state index in [2.05, 4.69) is 39.9 Å². The van der Waals surface area contributed by atoms with Gasteiger partial charge in [0.15, 0.2) is 0 Å². The first-order valence-corrected chi connectivity index (χ1v) is 9.04. The summed E-state index contributed by atoms with van der Waals surface area (Å²) in [5, 5.41) is 3.42. The summed E-state index contributed by atoms with van der Waals surface area (Å²) in [5.41, 5.74) is 0.641. The molecule has 3 heteroatoms. The van der Waals surface area contributed by atoms with Crippen molar-refractivity contribution in [3.63, 3.8) is 0 Å². The molecule has 1 spiro atoms. The lowest BCUT2D eigenvalue weighted by atomic mass is 9.57. The SMILES string of the molecule is CCC(=O)N[C@H]1C(C)(C)[C@@H]2C[C@@H]3[C@@H](C(C)(C)C)OCC[C@@]31C2. The Labute approximate surface area is 135 Å². The van der Waals surface area contributed by atoms with E-state index >= 15 is 0 Å². The summed E-state index contributed by atoms with van der Waals surface area (Å²) in [6.45, 7) is 14.4. The topological polar surface area (TPSA) is 38.3 Å². The van der Waals surface area contributed by atoms with Crippen LogP contribution in [0.2, 0.25) is 0 Å². The van der Waals surface area contributed by atoms with Crippen LogP contribution in [0.1, 0.15) is 67.2 Å². The fourth-order valence-corrected chi connectivity index (χ4v) is 5.91. The van der Waals surface area contributed by atoms with E-state index in [1.54, 1.807) is 0 Å². The molecule has 1 aliphatic heterocycles. The van der Waals surface area contributed by atoms with Crippen LogP contribution in [0.5, 0.6) is 0 Å². The largest absolute Gasteiger partial charge is 0.377 e. The molecule has 1 saturated heterocycles. The number of carbonyl (C=O) groups excluding carboxylic acids is 1. The predicted octanol–water partition coefficient (Wildman–Crippen LogP) is 3.77. The summed E-state index contributed by atoms with van der Waals surface area (Å²) in [6, 6.07) is 0.310. The molecule has 1 N–H and O–H groups in total. The molecule has 0 unspecified atom stereocenters. The Kier molecular flexibility index (Phi) is 3.67. The number of rotatable bonds is 2. The minimum Gasteiger partial charge on any atom is -0.377 e. The van der Waals surface area contributed by atoms with Gasteiger partial charge in [-0.25, -0.2) is 0 Å². The fourth-order valence-electron chi connectivity index (χ4n) is 5.91. The smallest absolute Gasteiger partial charge is 0.219 e. The Hall–Kier alpha value is -0.570. The molecule has 3 aliphatic rings. The van der Waals surface area contributed by atoms with Crippen LogP contribution in [-0.4, -0.2) is 24.7 Å². The highest BCUT2D eigenvalue weighted by Gasteiger charge is 2.69. The normalized spacial score (nSPS) is 43.0. The van der Waals surface area contributed by atoms with Crippen molar-refractivity contribution in [1.82, 2.24) is 5.32 Å². The number of ether oxygens (including phenoxy) is 1. The first-order valence-electron chi connectivity index (χ1n) is 9.04. The van der Waals surface area contributed by atoms with E-state index in [9.17, 15) is 4.79 Å². The Bertz CT molecular complexity index is 465. The van der Waals surface area contributed by atoms with Gasteiger partial charge in [0.1, 0.15) is 0 Å². The van der Waals surface area contributed by atoms with Crippen LogP contribution in [0.4, 0.5) is 0 Å². The van der Waals surface area contributed by atoms with E-state index in [1.165, 1.54) is 12.8 Å². The van der Waals surface area contributed by atoms with E-state index in [0.29, 0.717) is 30.4 Å². The van der Waals surface area contributed by atoms with Gasteiger partial charge in [-0.3, -0.25) is 4.79 Å². The summed E-state index contributed by atoms with van der Waals surface area (Å²) >= 11 is 0. The van der Waals surface area contributed by atoms with Crippen molar-refractivity contribution in [1.29, 1.82) is 0 Å². The highest BCUT2D eigenvalue weighted by Crippen LogP contribution is 2.69. The van der Waals surface area contributed by atoms with Gasteiger partial charge in [0, 0.05) is 19.1 Å². The summed E-state index contributed by atoms with van der Waals surface area (Å²) in [4.78, 5) is 12.1. The Morgan fingerprint density at radius 1 is 1.32 bits per heavy atom. The van der Waals surface area contributed by atoms with E-state index in [0.717, 1.165) is 13.0 Å². The molecule has 2 bridgehead atoms. The molecule has 0 radical (unpaired) electrons. The molecule has 0 aromatic carbocycles. The third-order valence-corrected chi connectivity index (χ3v) is 6.98. The van der Waals surface area contributed by atoms with E-state index in [4.69, 9.17) is 4.74 Å². The van der Waals surface area contributed by atoms with Gasteiger partial charge in [-0.2, -0.15) is 0 Å². The molecule has 2 saturated carbocycles. The number of fused-ring (bicyclic) bond motifs is 1. The summed E-state index contributed by atoms with van der Waals surface area (Å²) in [5.74, 6) is 1.52. The molecule has 0 aromatic heterocycles. The van der Waals surface area contributed by atoms with Crippen molar-refractivity contribution >= 4 is 5.91 Å². The van der Waals surface area contributed by atoms with E-state index < -0.39 is 0 Å². The van der Waals surface area contributed by atoms with Gasteiger partial charge in [0.25, 0.3) is 0 Å². The number of hydrogen-bond acceptors (Lipinski definition) is 2. The molecule has 1 heterocycles. The second-order valence-electron chi connectivity index (χ2n) is 9.56. The average Bonchev–Trinajstić information content (AvgIpc) is 2.90. The lowest BCUT2D eigenvalue weighted by Gasteiger charge is -2.55. The minimum absolute atomic E-state index is 0.173. The minimum atomic E-state index is 0.173. The van der Waals surface area contributed by atoms with Gasteiger partial charge in [0.2, 0.25) is 5.91 Å². The zero-order valence-corrected chi connectivity index (χ0v) is 15.2. The Balaban J connectivity index is 1.95. The standard InChI is InChI=1S/C19H33NO2/c1-7-14(21)20-16-18(5,6)12-10-13-15(17(2,3)4)22-9-8-19(13,16)11-12/h12-13,15-16H,7-11H2,1-6H3,(H,20,21)/t12-,13-,15+,16+,19-/m1/s1. The Morgan fingerprint density at radius 3 is 2.59 bits per heavy atom. The number of amides is 1. The maximum Gasteiger partial charge on any atom is 0.219 e. The fraction of sp³-hybridized carbons (Fsp3) is 0.947. The number of nitrogens with one attached hydrogen (secondary N) is 1. The van der Waals surface area contributed by atoms with Crippen LogP contribution in [0.25, 0.3) is 0 Å². The second kappa shape index (κ2) is 4.96. The van der Waals surface area contributed by atoms with E-state index in [1.807, 2.05) is 6.92 Å². The highest BCUT2D eigenvalue weighted by atomic mass is 16.5. The van der Waals surface area contributed by atoms with Crippen LogP contribution in [0.3, 0.4) is 0 Å². The van der Waals surface area contributed by atoms with Crippen LogP contribution in [-0.2, 0) is 9.53 Å². The molecule has 2 aliphatic carbocycles. The highest BCUT2D eigenvalue weighted by molar-refractivity contribution is 5.76. The van der Waals surface area contributed by atoms with Crippen molar-refractivity contribution in [2.45, 2.75) is 79.4 Å². The molecule has 3 fully saturated rings. The third-order valence-electron chi connectivity index (χ3n) is 6.98. The lowest BCUT2D eigenvalue weighted by molar-refractivity contribution is -0.159. The quantitative estimate of drug-likeness (QED) is 0.843. The summed E-state index contributed by atoms with van der Waals surface area (Å²) in [6.07, 6.45) is 4.56. The monoisotopic (exact) mass is 307 g/mol. The molecule has 0 aromatic rings. The summed E-state index contributed by atoms with van der Waals surface area (Å²) < 4.78 is 6.24. The molecule has 126 valence electrons. The van der Waals surface area contributed by atoms with Gasteiger partial charge >= 0.3 is 0 Å². The molecule has 3 nitrogen and oxygen atoms in total. The van der Waals surface area contributed by atoms with Crippen molar-refractivity contribution < 1.29 is 9.53 Å². The lowest BCUT2D eigenvalue weighted by Crippen LogP contribution is -2.61. The molecular weight excluding hydrogens is 274 g/mol.